The lowest BCUT2D eigenvalue weighted by atomic mass is 9.99. The summed E-state index contributed by atoms with van der Waals surface area (Å²) < 4.78 is 11.0. The summed E-state index contributed by atoms with van der Waals surface area (Å²) in [5.74, 6) is 0.773. The monoisotopic (exact) mass is 279 g/mol. The minimum atomic E-state index is -0.347. The van der Waals surface area contributed by atoms with Crippen LogP contribution in [0.5, 0.6) is 5.75 Å². The van der Waals surface area contributed by atoms with Crippen LogP contribution in [0.4, 0.5) is 0 Å². The molecule has 3 aromatic rings. The summed E-state index contributed by atoms with van der Waals surface area (Å²) in [5.41, 5.74) is 3.04. The number of ether oxygens (including phenoxy) is 1. The van der Waals surface area contributed by atoms with E-state index in [9.17, 15) is 4.79 Å². The van der Waals surface area contributed by atoms with Crippen molar-refractivity contribution in [1.82, 2.24) is 5.32 Å². The van der Waals surface area contributed by atoms with Crippen LogP contribution in [0, 0.1) is 0 Å². The van der Waals surface area contributed by atoms with E-state index < -0.39 is 0 Å². The summed E-state index contributed by atoms with van der Waals surface area (Å²) in [6.45, 7) is 1.11. The Kier molecular flexibility index (Phi) is 2.75. The van der Waals surface area contributed by atoms with E-state index in [1.807, 2.05) is 42.5 Å². The first kappa shape index (κ1) is 12.2. The molecule has 0 spiro atoms. The molecule has 0 bridgehead atoms. The smallest absolute Gasteiger partial charge is 0.336 e. The molecular weight excluding hydrogens is 266 g/mol. The zero-order chi connectivity index (χ0) is 14.2. The lowest BCUT2D eigenvalue weighted by Crippen LogP contribution is -2.25. The zero-order valence-electron chi connectivity index (χ0n) is 11.3. The average Bonchev–Trinajstić information content (AvgIpc) is 2.55. The van der Waals surface area contributed by atoms with Gasteiger partial charge in [-0.2, -0.15) is 0 Å². The first-order chi connectivity index (χ1) is 10.3. The maximum absolute atomic E-state index is 11.9. The van der Waals surface area contributed by atoms with Gasteiger partial charge in [-0.05, 0) is 23.3 Å². The Morgan fingerprint density at radius 2 is 1.90 bits per heavy atom. The zero-order valence-corrected chi connectivity index (χ0v) is 11.3. The second kappa shape index (κ2) is 4.75. The van der Waals surface area contributed by atoms with E-state index in [4.69, 9.17) is 9.15 Å². The second-order valence-corrected chi connectivity index (χ2v) is 4.98. The predicted molar refractivity (Wildman–Crippen MR) is 80.3 cm³/mol. The highest BCUT2D eigenvalue weighted by molar-refractivity contribution is 5.95. The molecule has 0 atom stereocenters. The summed E-state index contributed by atoms with van der Waals surface area (Å²) in [6, 6.07) is 15.3. The molecule has 0 amide bonds. The molecule has 0 unspecified atom stereocenters. The number of rotatable bonds is 1. The van der Waals surface area contributed by atoms with Gasteiger partial charge in [-0.3, -0.25) is 5.32 Å². The van der Waals surface area contributed by atoms with Gasteiger partial charge >= 0.3 is 5.63 Å². The summed E-state index contributed by atoms with van der Waals surface area (Å²) >= 11 is 0. The minimum absolute atomic E-state index is 0.347. The third kappa shape index (κ3) is 2.00. The van der Waals surface area contributed by atoms with Crippen LogP contribution in [-0.2, 0) is 6.54 Å². The fourth-order valence-electron chi connectivity index (χ4n) is 2.73. The molecule has 0 saturated carbocycles. The quantitative estimate of drug-likeness (QED) is 0.696. The topological polar surface area (TPSA) is 51.5 Å². The van der Waals surface area contributed by atoms with Crippen LogP contribution in [0.25, 0.3) is 22.1 Å². The largest absolute Gasteiger partial charge is 0.478 e. The van der Waals surface area contributed by atoms with E-state index in [-0.39, 0.29) is 5.63 Å². The second-order valence-electron chi connectivity index (χ2n) is 4.98. The lowest BCUT2D eigenvalue weighted by Gasteiger charge is -2.19. The van der Waals surface area contributed by atoms with E-state index in [0.29, 0.717) is 18.9 Å². The van der Waals surface area contributed by atoms with E-state index in [2.05, 4.69) is 5.32 Å². The van der Waals surface area contributed by atoms with Crippen molar-refractivity contribution in [2.24, 2.45) is 0 Å². The van der Waals surface area contributed by atoms with Gasteiger partial charge < -0.3 is 9.15 Å². The molecule has 0 fully saturated rings. The van der Waals surface area contributed by atoms with Crippen molar-refractivity contribution >= 4 is 11.0 Å². The van der Waals surface area contributed by atoms with Gasteiger partial charge in [0.15, 0.2) is 0 Å². The molecular formula is C17H13NO3. The Labute approximate surface area is 121 Å². The maximum atomic E-state index is 11.9. The third-order valence-corrected chi connectivity index (χ3v) is 3.69. The molecule has 2 heterocycles. The van der Waals surface area contributed by atoms with Gasteiger partial charge in [-0.1, -0.05) is 30.3 Å². The highest BCUT2D eigenvalue weighted by atomic mass is 16.5. The summed E-state index contributed by atoms with van der Waals surface area (Å²) in [4.78, 5) is 11.9. The van der Waals surface area contributed by atoms with Crippen LogP contribution in [0.3, 0.4) is 0 Å². The Balaban J connectivity index is 2.07. The number of hydrogen-bond donors (Lipinski definition) is 1. The standard InChI is InChI=1S/C17H13NO3/c19-16-8-13(11-4-2-1-3-5-11)12-6-7-15-14(17(12)21-16)9-18-10-20-15/h1-8,18H,9-10H2. The highest BCUT2D eigenvalue weighted by Gasteiger charge is 2.17. The van der Waals surface area contributed by atoms with Crippen molar-refractivity contribution in [2.45, 2.75) is 6.54 Å². The van der Waals surface area contributed by atoms with Gasteiger partial charge in [-0.25, -0.2) is 4.79 Å². The summed E-state index contributed by atoms with van der Waals surface area (Å²) in [6.07, 6.45) is 0. The molecule has 104 valence electrons. The van der Waals surface area contributed by atoms with Crippen molar-refractivity contribution in [2.75, 3.05) is 6.73 Å². The fraction of sp³-hybridized carbons (Fsp3) is 0.118. The number of benzene rings is 2. The molecule has 4 nitrogen and oxygen atoms in total. The Morgan fingerprint density at radius 1 is 1.05 bits per heavy atom. The molecule has 1 aromatic heterocycles. The van der Waals surface area contributed by atoms with E-state index in [1.165, 1.54) is 0 Å². The van der Waals surface area contributed by atoms with Gasteiger partial charge in [0.2, 0.25) is 0 Å². The van der Waals surface area contributed by atoms with Crippen LogP contribution in [-0.4, -0.2) is 6.73 Å². The van der Waals surface area contributed by atoms with Crippen LogP contribution >= 0.6 is 0 Å². The van der Waals surface area contributed by atoms with Crippen molar-refractivity contribution in [3.05, 3.63) is 64.5 Å². The van der Waals surface area contributed by atoms with E-state index in [1.54, 1.807) is 6.07 Å². The lowest BCUT2D eigenvalue weighted by molar-refractivity contribution is 0.257. The normalized spacial score (nSPS) is 13.7. The van der Waals surface area contributed by atoms with Gasteiger partial charge in [0, 0.05) is 18.0 Å². The van der Waals surface area contributed by atoms with Crippen LogP contribution in [0.1, 0.15) is 5.56 Å². The van der Waals surface area contributed by atoms with E-state index >= 15 is 0 Å². The maximum Gasteiger partial charge on any atom is 0.336 e. The molecule has 21 heavy (non-hydrogen) atoms. The van der Waals surface area contributed by atoms with Gasteiger partial charge in [0.05, 0.1) is 5.56 Å². The Bertz CT molecular complexity index is 868. The first-order valence-corrected chi connectivity index (χ1v) is 6.81. The fourth-order valence-corrected chi connectivity index (χ4v) is 2.73. The van der Waals surface area contributed by atoms with E-state index in [0.717, 1.165) is 27.8 Å². The molecule has 2 aromatic carbocycles. The molecule has 0 radical (unpaired) electrons. The number of fused-ring (bicyclic) bond motifs is 3. The molecule has 4 rings (SSSR count). The van der Waals surface area contributed by atoms with Crippen LogP contribution in [0.2, 0.25) is 0 Å². The van der Waals surface area contributed by atoms with Gasteiger partial charge in [0.1, 0.15) is 18.1 Å². The van der Waals surface area contributed by atoms with Crippen LogP contribution < -0.4 is 15.7 Å². The Hall–Kier alpha value is -2.59. The summed E-state index contributed by atoms with van der Waals surface area (Å²) in [5, 5.41) is 4.05. The highest BCUT2D eigenvalue weighted by Crippen LogP contribution is 2.34. The number of hydrogen-bond acceptors (Lipinski definition) is 4. The third-order valence-electron chi connectivity index (χ3n) is 3.69. The molecule has 1 aliphatic rings. The van der Waals surface area contributed by atoms with Crippen LogP contribution in [0.15, 0.2) is 57.7 Å². The van der Waals surface area contributed by atoms with Gasteiger partial charge in [-0.15, -0.1) is 0 Å². The molecule has 4 heteroatoms. The van der Waals surface area contributed by atoms with Crippen molar-refractivity contribution in [3.63, 3.8) is 0 Å². The molecule has 1 N–H and O–H groups in total. The van der Waals surface area contributed by atoms with Crippen molar-refractivity contribution < 1.29 is 9.15 Å². The summed E-state index contributed by atoms with van der Waals surface area (Å²) in [7, 11) is 0. The molecule has 0 aliphatic carbocycles. The molecule has 0 saturated heterocycles. The Morgan fingerprint density at radius 3 is 2.76 bits per heavy atom. The average molecular weight is 279 g/mol. The first-order valence-electron chi connectivity index (χ1n) is 6.81. The van der Waals surface area contributed by atoms with Crippen molar-refractivity contribution in [3.8, 4) is 16.9 Å². The van der Waals surface area contributed by atoms with Gasteiger partial charge in [0.25, 0.3) is 0 Å². The predicted octanol–water partition coefficient (Wildman–Crippen LogP) is 2.90. The molecule has 1 aliphatic heterocycles. The minimum Gasteiger partial charge on any atom is -0.478 e. The van der Waals surface area contributed by atoms with Crippen molar-refractivity contribution in [1.29, 1.82) is 0 Å². The SMILES string of the molecule is O=c1cc(-c2ccccc2)c2ccc3c(c2o1)CNCO3. The number of nitrogens with one attached hydrogen (secondary N) is 1.